The lowest BCUT2D eigenvalue weighted by molar-refractivity contribution is -0.112. The molecule has 0 aliphatic rings. The van der Waals surface area contributed by atoms with E-state index in [-0.39, 0.29) is 33.6 Å². The Balaban J connectivity index is 1.50. The third kappa shape index (κ3) is 7.91. The Labute approximate surface area is 249 Å². The first kappa shape index (κ1) is 30.2. The molecule has 0 heterocycles. The van der Waals surface area contributed by atoms with Gasteiger partial charge in [-0.05, 0) is 79.6 Å². The summed E-state index contributed by atoms with van der Waals surface area (Å²) in [5.41, 5.74) is 2.50. The molecule has 4 aromatic rings. The number of nitrogens with zero attached hydrogens (tertiary/aromatic N) is 1. The fourth-order valence-electron chi connectivity index (χ4n) is 3.77. The Bertz CT molecular complexity index is 1730. The van der Waals surface area contributed by atoms with Gasteiger partial charge in [0.2, 0.25) is 5.75 Å². The summed E-state index contributed by atoms with van der Waals surface area (Å²) in [5, 5.41) is 12.3. The maximum Gasteiger partial charge on any atom is 0.339 e. The second-order valence-electron chi connectivity index (χ2n) is 9.04. The number of hydrogen-bond acceptors (Lipinski definition) is 7. The van der Waals surface area contributed by atoms with E-state index in [1.807, 2.05) is 43.3 Å². The summed E-state index contributed by atoms with van der Waals surface area (Å²) >= 11 is 6.41. The zero-order valence-electron chi connectivity index (χ0n) is 22.8. The highest BCUT2D eigenvalue weighted by molar-refractivity contribution is 7.87. The van der Waals surface area contributed by atoms with Crippen LogP contribution in [0.15, 0.2) is 101 Å². The fraction of sp³-hybridized carbons (Fsp3) is 0.125. The highest BCUT2D eigenvalue weighted by Crippen LogP contribution is 2.39. The number of anilines is 1. The van der Waals surface area contributed by atoms with Gasteiger partial charge in [0.05, 0.1) is 11.6 Å². The van der Waals surface area contributed by atoms with Crippen molar-refractivity contribution < 1.29 is 26.9 Å². The molecule has 0 bridgehead atoms. The molecule has 10 heteroatoms. The van der Waals surface area contributed by atoms with Crippen molar-refractivity contribution in [1.29, 1.82) is 5.26 Å². The van der Waals surface area contributed by atoms with E-state index >= 15 is 0 Å². The Morgan fingerprint density at radius 1 is 0.976 bits per heavy atom. The fourth-order valence-corrected chi connectivity index (χ4v) is 5.03. The largest absolute Gasteiger partial charge is 0.490 e. The van der Waals surface area contributed by atoms with Crippen LogP contribution in [-0.4, -0.2) is 20.9 Å². The maximum absolute atomic E-state index is 12.9. The van der Waals surface area contributed by atoms with Crippen molar-refractivity contribution >= 4 is 39.4 Å². The molecular weight excluding hydrogens is 576 g/mol. The monoisotopic (exact) mass is 602 g/mol. The van der Waals surface area contributed by atoms with E-state index in [2.05, 4.69) is 5.32 Å². The Hall–Kier alpha value is -4.78. The highest BCUT2D eigenvalue weighted by Gasteiger charge is 2.23. The Kier molecular flexibility index (Phi) is 9.86. The molecule has 0 spiro atoms. The molecular formula is C32H27ClN2O6S. The van der Waals surface area contributed by atoms with Gasteiger partial charge in [0.1, 0.15) is 28.9 Å². The summed E-state index contributed by atoms with van der Waals surface area (Å²) in [6.45, 7) is 4.13. The molecule has 42 heavy (non-hydrogen) atoms. The molecule has 4 aromatic carbocycles. The minimum Gasteiger partial charge on any atom is -0.490 e. The van der Waals surface area contributed by atoms with Gasteiger partial charge in [-0.15, -0.1) is 0 Å². The quantitative estimate of drug-likeness (QED) is 0.112. The number of aryl methyl sites for hydroxylation is 1. The van der Waals surface area contributed by atoms with Crippen LogP contribution < -0.4 is 19.0 Å². The first-order valence-electron chi connectivity index (χ1n) is 12.9. The van der Waals surface area contributed by atoms with Crippen molar-refractivity contribution in [1.82, 2.24) is 0 Å². The first-order chi connectivity index (χ1) is 20.2. The third-order valence-electron chi connectivity index (χ3n) is 5.87. The molecule has 4 rings (SSSR count). The van der Waals surface area contributed by atoms with Crippen LogP contribution in [0.5, 0.6) is 17.2 Å². The average molecular weight is 603 g/mol. The van der Waals surface area contributed by atoms with Gasteiger partial charge in [0.25, 0.3) is 5.91 Å². The number of carbonyl (C=O) groups is 1. The number of nitriles is 1. The molecule has 214 valence electrons. The van der Waals surface area contributed by atoms with Crippen LogP contribution in [0.25, 0.3) is 6.08 Å². The van der Waals surface area contributed by atoms with Crippen LogP contribution >= 0.6 is 11.6 Å². The number of halogens is 1. The standard InChI is InChI=1S/C32H27ClN2O6S/c1-3-39-30-19-24(18-29(33)31(30)41-42(37,38)28-15-9-22(2)10-16-28)17-25(20-34)32(36)35-26-11-13-27(14-12-26)40-21-23-7-5-4-6-8-23/h4-19H,3,21H2,1-2H3,(H,35,36)/b25-17+. The Morgan fingerprint density at radius 3 is 2.31 bits per heavy atom. The number of rotatable bonds is 11. The first-order valence-corrected chi connectivity index (χ1v) is 14.6. The second kappa shape index (κ2) is 13.7. The number of ether oxygens (including phenoxy) is 2. The third-order valence-corrected chi connectivity index (χ3v) is 7.39. The van der Waals surface area contributed by atoms with Crippen LogP contribution in [-0.2, 0) is 21.5 Å². The predicted octanol–water partition coefficient (Wildman–Crippen LogP) is 6.94. The van der Waals surface area contributed by atoms with Crippen molar-refractivity contribution in [3.63, 3.8) is 0 Å². The van der Waals surface area contributed by atoms with Gasteiger partial charge in [0.15, 0.2) is 5.75 Å². The molecule has 0 aliphatic heterocycles. The molecule has 0 saturated carbocycles. The molecule has 0 aromatic heterocycles. The van der Waals surface area contributed by atoms with E-state index in [1.165, 1.54) is 30.3 Å². The van der Waals surface area contributed by atoms with Crippen LogP contribution in [0, 0.1) is 18.3 Å². The zero-order valence-corrected chi connectivity index (χ0v) is 24.4. The Morgan fingerprint density at radius 2 is 1.67 bits per heavy atom. The summed E-state index contributed by atoms with van der Waals surface area (Å²) in [7, 11) is -4.21. The van der Waals surface area contributed by atoms with Gasteiger partial charge in [0, 0.05) is 5.69 Å². The van der Waals surface area contributed by atoms with E-state index in [9.17, 15) is 18.5 Å². The molecule has 0 atom stereocenters. The van der Waals surface area contributed by atoms with Crippen LogP contribution in [0.3, 0.4) is 0 Å². The molecule has 8 nitrogen and oxygen atoms in total. The van der Waals surface area contributed by atoms with E-state index in [1.54, 1.807) is 43.3 Å². The van der Waals surface area contributed by atoms with Gasteiger partial charge >= 0.3 is 10.1 Å². The van der Waals surface area contributed by atoms with Crippen molar-refractivity contribution in [3.8, 4) is 23.3 Å². The molecule has 0 radical (unpaired) electrons. The van der Waals surface area contributed by atoms with E-state index < -0.39 is 16.0 Å². The normalized spacial score (nSPS) is 11.3. The van der Waals surface area contributed by atoms with E-state index in [0.29, 0.717) is 23.6 Å². The lowest BCUT2D eigenvalue weighted by atomic mass is 10.1. The van der Waals surface area contributed by atoms with Gasteiger partial charge in [-0.2, -0.15) is 13.7 Å². The minimum atomic E-state index is -4.21. The predicted molar refractivity (Wildman–Crippen MR) is 161 cm³/mol. The molecule has 1 N–H and O–H groups in total. The zero-order chi connectivity index (χ0) is 30.1. The van der Waals surface area contributed by atoms with Crippen LogP contribution in [0.1, 0.15) is 23.6 Å². The molecule has 0 saturated heterocycles. The van der Waals surface area contributed by atoms with Crippen LogP contribution in [0.2, 0.25) is 5.02 Å². The number of hydrogen-bond donors (Lipinski definition) is 1. The molecule has 0 aliphatic carbocycles. The molecule has 0 fully saturated rings. The highest BCUT2D eigenvalue weighted by atomic mass is 35.5. The summed E-state index contributed by atoms with van der Waals surface area (Å²) in [4.78, 5) is 12.8. The summed E-state index contributed by atoms with van der Waals surface area (Å²) in [6.07, 6.45) is 1.32. The average Bonchev–Trinajstić information content (AvgIpc) is 2.98. The number of nitrogens with one attached hydrogen (secondary N) is 1. The summed E-state index contributed by atoms with van der Waals surface area (Å²) in [5.74, 6) is -0.186. The molecule has 1 amide bonds. The number of benzene rings is 4. The number of amides is 1. The van der Waals surface area contributed by atoms with E-state index in [0.717, 1.165) is 11.1 Å². The van der Waals surface area contributed by atoms with Gasteiger partial charge in [-0.25, -0.2) is 0 Å². The van der Waals surface area contributed by atoms with Gasteiger partial charge < -0.3 is 19.0 Å². The van der Waals surface area contributed by atoms with Gasteiger partial charge in [-0.1, -0.05) is 59.6 Å². The smallest absolute Gasteiger partial charge is 0.339 e. The lowest BCUT2D eigenvalue weighted by Gasteiger charge is -2.14. The van der Waals surface area contributed by atoms with E-state index in [4.69, 9.17) is 25.3 Å². The maximum atomic E-state index is 12.9. The number of carbonyl (C=O) groups excluding carboxylic acids is 1. The topological polar surface area (TPSA) is 115 Å². The van der Waals surface area contributed by atoms with Crippen molar-refractivity contribution in [2.45, 2.75) is 25.3 Å². The van der Waals surface area contributed by atoms with Gasteiger partial charge in [-0.3, -0.25) is 4.79 Å². The lowest BCUT2D eigenvalue weighted by Crippen LogP contribution is -2.13. The van der Waals surface area contributed by atoms with Crippen LogP contribution in [0.4, 0.5) is 5.69 Å². The minimum absolute atomic E-state index is 0.0377. The SMILES string of the molecule is CCOc1cc(/C=C(\C#N)C(=O)Nc2ccc(OCc3ccccc3)cc2)cc(Cl)c1OS(=O)(=O)c1ccc(C)cc1. The summed E-state index contributed by atoms with van der Waals surface area (Å²) < 4.78 is 42.4. The van der Waals surface area contributed by atoms with Crippen molar-refractivity contribution in [2.24, 2.45) is 0 Å². The second-order valence-corrected chi connectivity index (χ2v) is 11.0. The van der Waals surface area contributed by atoms with Crippen molar-refractivity contribution in [3.05, 3.63) is 118 Å². The summed E-state index contributed by atoms with van der Waals surface area (Å²) in [6, 6.07) is 27.3. The molecule has 0 unspecified atom stereocenters. The van der Waals surface area contributed by atoms with Crippen molar-refractivity contribution in [2.75, 3.05) is 11.9 Å².